The normalized spacial score (nSPS) is 18.7. The van der Waals surface area contributed by atoms with E-state index in [-0.39, 0.29) is 11.9 Å². The van der Waals surface area contributed by atoms with Crippen LogP contribution in [0.3, 0.4) is 0 Å². The Kier molecular flexibility index (Phi) is 3.98. The number of carbonyl (C=O) groups excluding carboxylic acids is 1. The average Bonchev–Trinajstić information content (AvgIpc) is 3.03. The quantitative estimate of drug-likeness (QED) is 0.879. The van der Waals surface area contributed by atoms with Crippen molar-refractivity contribution in [3.63, 3.8) is 0 Å². The smallest absolute Gasteiger partial charge is 0.242 e. The Hall–Kier alpha value is -1.86. The summed E-state index contributed by atoms with van der Waals surface area (Å²) in [6.45, 7) is 0.863. The molecule has 0 bridgehead atoms. The van der Waals surface area contributed by atoms with Crippen molar-refractivity contribution in [1.29, 1.82) is 0 Å². The van der Waals surface area contributed by atoms with E-state index >= 15 is 0 Å². The number of thioether (sulfide) groups is 1. The zero-order valence-corrected chi connectivity index (χ0v) is 11.6. The molecule has 2 aromatic rings. The average molecular weight is 289 g/mol. The van der Waals surface area contributed by atoms with Gasteiger partial charge in [-0.1, -0.05) is 0 Å². The van der Waals surface area contributed by atoms with Crippen LogP contribution in [-0.4, -0.2) is 44.8 Å². The molecule has 2 N–H and O–H groups in total. The number of pyridine rings is 1. The van der Waals surface area contributed by atoms with Crippen molar-refractivity contribution in [1.82, 2.24) is 20.1 Å². The number of nitrogens with zero attached hydrogens (tertiary/aromatic N) is 3. The first-order valence-corrected chi connectivity index (χ1v) is 7.57. The van der Waals surface area contributed by atoms with E-state index in [1.54, 1.807) is 41.1 Å². The summed E-state index contributed by atoms with van der Waals surface area (Å²) in [4.78, 5) is 16.5. The van der Waals surface area contributed by atoms with Crippen molar-refractivity contribution in [2.45, 2.75) is 6.04 Å². The lowest BCUT2D eigenvalue weighted by Gasteiger charge is -2.22. The van der Waals surface area contributed by atoms with Crippen molar-refractivity contribution < 1.29 is 4.79 Å². The molecule has 1 unspecified atom stereocenters. The summed E-state index contributed by atoms with van der Waals surface area (Å²) in [5, 5.41) is 10.3. The summed E-state index contributed by atoms with van der Waals surface area (Å²) in [5.41, 5.74) is 0.665. The Morgan fingerprint density at radius 3 is 3.15 bits per heavy atom. The molecule has 0 aliphatic carbocycles. The number of nitrogens with one attached hydrogen (secondary N) is 2. The third-order valence-corrected chi connectivity index (χ3v) is 4.07. The van der Waals surface area contributed by atoms with Gasteiger partial charge in [0.25, 0.3) is 0 Å². The van der Waals surface area contributed by atoms with E-state index in [2.05, 4.69) is 20.7 Å². The molecule has 1 aliphatic heterocycles. The third kappa shape index (κ3) is 2.83. The number of amides is 1. The van der Waals surface area contributed by atoms with Crippen LogP contribution in [0.2, 0.25) is 0 Å². The summed E-state index contributed by atoms with van der Waals surface area (Å²) in [5.74, 6) is 2.44. The van der Waals surface area contributed by atoms with Gasteiger partial charge in [0.05, 0.1) is 11.7 Å². The summed E-state index contributed by atoms with van der Waals surface area (Å²) in [6.07, 6.45) is 5.16. The monoisotopic (exact) mass is 289 g/mol. The van der Waals surface area contributed by atoms with E-state index in [0.717, 1.165) is 18.1 Å². The topological polar surface area (TPSA) is 71.8 Å². The van der Waals surface area contributed by atoms with Crippen LogP contribution in [0, 0.1) is 0 Å². The summed E-state index contributed by atoms with van der Waals surface area (Å²) >= 11 is 1.79. The third-order valence-electron chi connectivity index (χ3n) is 3.00. The second-order valence-corrected chi connectivity index (χ2v) is 5.55. The Morgan fingerprint density at radius 1 is 1.45 bits per heavy atom. The molecular weight excluding hydrogens is 274 g/mol. The Labute approximate surface area is 121 Å². The van der Waals surface area contributed by atoms with Crippen LogP contribution in [0.1, 0.15) is 0 Å². The summed E-state index contributed by atoms with van der Waals surface area (Å²) in [6, 6.07) is 5.29. The minimum atomic E-state index is -0.153. The van der Waals surface area contributed by atoms with Crippen molar-refractivity contribution in [2.24, 2.45) is 0 Å². The van der Waals surface area contributed by atoms with Crippen molar-refractivity contribution in [3.05, 3.63) is 36.8 Å². The van der Waals surface area contributed by atoms with Gasteiger partial charge in [-0.15, -0.1) is 0 Å². The van der Waals surface area contributed by atoms with Crippen molar-refractivity contribution in [2.75, 3.05) is 23.4 Å². The van der Waals surface area contributed by atoms with E-state index < -0.39 is 0 Å². The molecule has 3 rings (SSSR count). The highest BCUT2D eigenvalue weighted by molar-refractivity contribution is 7.99. The first-order chi connectivity index (χ1) is 9.84. The number of aromatic nitrogens is 3. The maximum absolute atomic E-state index is 12.2. The molecule has 0 spiro atoms. The highest BCUT2D eigenvalue weighted by atomic mass is 32.2. The summed E-state index contributed by atoms with van der Waals surface area (Å²) < 4.78 is 1.64. The van der Waals surface area contributed by atoms with Gasteiger partial charge in [-0.2, -0.15) is 16.9 Å². The number of rotatable bonds is 3. The highest BCUT2D eigenvalue weighted by Crippen LogP contribution is 2.17. The van der Waals surface area contributed by atoms with Crippen LogP contribution in [0.5, 0.6) is 0 Å². The second kappa shape index (κ2) is 6.06. The van der Waals surface area contributed by atoms with Crippen LogP contribution in [0.15, 0.2) is 36.8 Å². The molecule has 2 aromatic heterocycles. The van der Waals surface area contributed by atoms with Gasteiger partial charge in [-0.05, 0) is 18.2 Å². The highest BCUT2D eigenvalue weighted by Gasteiger charge is 2.22. The first kappa shape index (κ1) is 13.1. The molecule has 1 aliphatic rings. The molecule has 7 heteroatoms. The number of carbonyl (C=O) groups is 1. The molecular formula is C13H15N5OS. The van der Waals surface area contributed by atoms with Crippen molar-refractivity contribution in [3.8, 4) is 5.82 Å². The maximum atomic E-state index is 12.2. The predicted molar refractivity (Wildman–Crippen MR) is 79.1 cm³/mol. The van der Waals surface area contributed by atoms with Gasteiger partial charge in [0.2, 0.25) is 5.91 Å². The van der Waals surface area contributed by atoms with Gasteiger partial charge < -0.3 is 10.6 Å². The SMILES string of the molecule is O=C(Nc1cccnc1-n1cccn1)C1CSCCN1. The van der Waals surface area contributed by atoms with Gasteiger partial charge in [0.15, 0.2) is 5.82 Å². The van der Waals surface area contributed by atoms with Crippen LogP contribution in [0.4, 0.5) is 5.69 Å². The van der Waals surface area contributed by atoms with Gasteiger partial charge in [0.1, 0.15) is 0 Å². The van der Waals surface area contributed by atoms with E-state index in [1.807, 2.05) is 12.1 Å². The lowest BCUT2D eigenvalue weighted by atomic mass is 10.3. The zero-order chi connectivity index (χ0) is 13.8. The van der Waals surface area contributed by atoms with Crippen molar-refractivity contribution >= 4 is 23.4 Å². The Bertz CT molecular complexity index is 580. The van der Waals surface area contributed by atoms with Crippen LogP contribution in [-0.2, 0) is 4.79 Å². The van der Waals surface area contributed by atoms with E-state index in [9.17, 15) is 4.79 Å². The van der Waals surface area contributed by atoms with E-state index in [4.69, 9.17) is 0 Å². The second-order valence-electron chi connectivity index (χ2n) is 4.40. The van der Waals surface area contributed by atoms with Gasteiger partial charge in [-0.3, -0.25) is 4.79 Å². The molecule has 1 saturated heterocycles. The molecule has 1 amide bonds. The van der Waals surface area contributed by atoms with E-state index in [0.29, 0.717) is 11.5 Å². The minimum absolute atomic E-state index is 0.0291. The van der Waals surface area contributed by atoms with Gasteiger partial charge in [0, 0.05) is 36.6 Å². The largest absolute Gasteiger partial charge is 0.322 e. The Morgan fingerprint density at radius 2 is 2.40 bits per heavy atom. The van der Waals surface area contributed by atoms with Gasteiger partial charge >= 0.3 is 0 Å². The molecule has 0 radical (unpaired) electrons. The first-order valence-electron chi connectivity index (χ1n) is 6.41. The lowest BCUT2D eigenvalue weighted by molar-refractivity contribution is -0.117. The number of hydrogen-bond donors (Lipinski definition) is 2. The van der Waals surface area contributed by atoms with Gasteiger partial charge in [-0.25, -0.2) is 9.67 Å². The molecule has 0 aromatic carbocycles. The van der Waals surface area contributed by atoms with Crippen LogP contribution >= 0.6 is 11.8 Å². The summed E-state index contributed by atoms with van der Waals surface area (Å²) in [7, 11) is 0. The van der Waals surface area contributed by atoms with Crippen LogP contribution < -0.4 is 10.6 Å². The van der Waals surface area contributed by atoms with Crippen LogP contribution in [0.25, 0.3) is 5.82 Å². The zero-order valence-electron chi connectivity index (χ0n) is 10.8. The fraction of sp³-hybridized carbons (Fsp3) is 0.308. The van der Waals surface area contributed by atoms with E-state index in [1.165, 1.54) is 0 Å². The molecule has 0 saturated carbocycles. The fourth-order valence-electron chi connectivity index (χ4n) is 2.02. The number of anilines is 1. The minimum Gasteiger partial charge on any atom is -0.322 e. The molecule has 6 nitrogen and oxygen atoms in total. The number of hydrogen-bond acceptors (Lipinski definition) is 5. The molecule has 3 heterocycles. The molecule has 1 fully saturated rings. The predicted octanol–water partition coefficient (Wildman–Crippen LogP) is 0.911. The maximum Gasteiger partial charge on any atom is 0.242 e. The standard InChI is InChI=1S/C13H15N5OS/c19-13(11-9-20-8-6-14-11)17-10-3-1-4-15-12(10)18-7-2-5-16-18/h1-5,7,11,14H,6,8-9H2,(H,17,19). The Balaban J connectivity index is 1.79. The fourth-order valence-corrected chi connectivity index (χ4v) is 2.96. The molecule has 20 heavy (non-hydrogen) atoms. The molecule has 104 valence electrons. The lowest BCUT2D eigenvalue weighted by Crippen LogP contribution is -2.46. The molecule has 1 atom stereocenters.